The lowest BCUT2D eigenvalue weighted by molar-refractivity contribution is 0.0328. The van der Waals surface area contributed by atoms with Crippen molar-refractivity contribution in [1.29, 1.82) is 0 Å². The number of aryl methyl sites for hydroxylation is 1. The maximum Gasteiger partial charge on any atom is 0.414 e. The molecule has 1 atom stereocenters. The third kappa shape index (κ3) is 6.68. The first-order valence-electron chi connectivity index (χ1n) is 17.9. The van der Waals surface area contributed by atoms with E-state index in [9.17, 15) is 4.79 Å². The molecule has 3 aromatic heterocycles. The van der Waals surface area contributed by atoms with Crippen molar-refractivity contribution in [3.05, 3.63) is 109 Å². The minimum Gasteiger partial charge on any atom is -0.538 e. The minimum atomic E-state index is -2.96. The van der Waals surface area contributed by atoms with Gasteiger partial charge >= 0.3 is 14.4 Å². The molecule has 0 aliphatic carbocycles. The van der Waals surface area contributed by atoms with Crippen molar-refractivity contribution < 1.29 is 18.7 Å². The second kappa shape index (κ2) is 13.7. The molecule has 11 heteroatoms. The van der Waals surface area contributed by atoms with Crippen LogP contribution in [0.3, 0.4) is 0 Å². The summed E-state index contributed by atoms with van der Waals surface area (Å²) in [5.41, 5.74) is 9.42. The lowest BCUT2D eigenvalue weighted by Crippen LogP contribution is -2.65. The summed E-state index contributed by atoms with van der Waals surface area (Å²) in [6.45, 7) is 14.8. The summed E-state index contributed by atoms with van der Waals surface area (Å²) in [4.78, 5) is 25.9. The highest BCUT2D eigenvalue weighted by molar-refractivity contribution is 7.22. The molecule has 3 aromatic carbocycles. The molecular weight excluding hydrogens is 699 g/mol. The number of carbonyl (C=O) groups is 1. The molecule has 0 bridgehead atoms. The molecule has 6 aromatic rings. The lowest BCUT2D eigenvalue weighted by Gasteiger charge is -2.42. The van der Waals surface area contributed by atoms with E-state index in [1.165, 1.54) is 6.33 Å². The fourth-order valence-corrected chi connectivity index (χ4v) is 13.0. The van der Waals surface area contributed by atoms with Gasteiger partial charge in [0, 0.05) is 23.1 Å². The molecule has 1 unspecified atom stereocenters. The average molecular weight is 746 g/mol. The molecule has 1 fully saturated rings. The van der Waals surface area contributed by atoms with E-state index in [-0.39, 0.29) is 11.1 Å². The fourth-order valence-electron chi connectivity index (χ4n) is 7.52. The summed E-state index contributed by atoms with van der Waals surface area (Å²) in [7, 11) is -1.26. The van der Waals surface area contributed by atoms with Crippen LogP contribution < -0.4 is 20.8 Å². The average Bonchev–Trinajstić information content (AvgIpc) is 3.84. The van der Waals surface area contributed by atoms with E-state index in [4.69, 9.17) is 24.6 Å². The number of benzene rings is 3. The number of aromatic nitrogens is 3. The Morgan fingerprint density at radius 1 is 0.962 bits per heavy atom. The SMILES string of the molecule is COc1cc(C)cc2cc(-c3cn(C4CC(=CO[Si](c5ccccc5)(c5ccccc5)C(C)(C)C)N(C(=O)OC(C)(C)C)C4)c4ncnc(N)c34)sc12. The molecule has 274 valence electrons. The molecule has 1 saturated heterocycles. The van der Waals surface area contributed by atoms with Crippen LogP contribution in [0.4, 0.5) is 10.6 Å². The van der Waals surface area contributed by atoms with Crippen LogP contribution in [0.5, 0.6) is 5.75 Å². The van der Waals surface area contributed by atoms with Gasteiger partial charge < -0.3 is 24.2 Å². The third-order valence-electron chi connectivity index (χ3n) is 9.83. The highest BCUT2D eigenvalue weighted by atomic mass is 32.1. The molecule has 0 saturated carbocycles. The van der Waals surface area contributed by atoms with E-state index >= 15 is 0 Å². The van der Waals surface area contributed by atoms with Crippen molar-refractivity contribution >= 4 is 63.1 Å². The van der Waals surface area contributed by atoms with Crippen LogP contribution in [0.2, 0.25) is 5.04 Å². The molecule has 53 heavy (non-hydrogen) atoms. The fraction of sp³-hybridized carbons (Fsp3) is 0.310. The molecule has 4 heterocycles. The molecule has 0 radical (unpaired) electrons. The quantitative estimate of drug-likeness (QED) is 0.129. The lowest BCUT2D eigenvalue weighted by atomic mass is 10.1. The first-order valence-corrected chi connectivity index (χ1v) is 20.6. The second-order valence-corrected chi connectivity index (χ2v) is 21.0. The number of fused-ring (bicyclic) bond motifs is 2. The van der Waals surface area contributed by atoms with Gasteiger partial charge in [-0.1, -0.05) is 87.5 Å². The topological polar surface area (TPSA) is 105 Å². The Kier molecular flexibility index (Phi) is 9.36. The Bertz CT molecular complexity index is 2280. The number of likely N-dealkylation sites (tertiary alicyclic amines) is 1. The summed E-state index contributed by atoms with van der Waals surface area (Å²) < 4.78 is 22.2. The minimum absolute atomic E-state index is 0.187. The molecule has 9 nitrogen and oxygen atoms in total. The predicted octanol–water partition coefficient (Wildman–Crippen LogP) is 8.81. The summed E-state index contributed by atoms with van der Waals surface area (Å²) in [6.07, 6.45) is 5.51. The van der Waals surface area contributed by atoms with Gasteiger partial charge in [-0.15, -0.1) is 11.3 Å². The maximum absolute atomic E-state index is 14.0. The van der Waals surface area contributed by atoms with Gasteiger partial charge in [0.15, 0.2) is 0 Å². The van der Waals surface area contributed by atoms with Crippen molar-refractivity contribution in [2.24, 2.45) is 0 Å². The van der Waals surface area contributed by atoms with Gasteiger partial charge in [-0.05, 0) is 66.2 Å². The zero-order valence-electron chi connectivity index (χ0n) is 31.6. The molecule has 7 rings (SSSR count). The predicted molar refractivity (Wildman–Crippen MR) is 217 cm³/mol. The van der Waals surface area contributed by atoms with Crippen LogP contribution in [0.1, 0.15) is 59.6 Å². The van der Waals surface area contributed by atoms with Gasteiger partial charge in [-0.25, -0.2) is 14.8 Å². The van der Waals surface area contributed by atoms with Crippen molar-refractivity contribution in [1.82, 2.24) is 19.4 Å². The van der Waals surface area contributed by atoms with E-state index in [1.807, 2.05) is 39.2 Å². The van der Waals surface area contributed by atoms with Gasteiger partial charge in [-0.3, -0.25) is 4.90 Å². The normalized spacial score (nSPS) is 16.1. The van der Waals surface area contributed by atoms with Crippen LogP contribution in [-0.2, 0) is 9.16 Å². The Balaban J connectivity index is 1.35. The highest BCUT2D eigenvalue weighted by Crippen LogP contribution is 2.45. The monoisotopic (exact) mass is 745 g/mol. The highest BCUT2D eigenvalue weighted by Gasteiger charge is 2.52. The zero-order valence-corrected chi connectivity index (χ0v) is 33.5. The van der Waals surface area contributed by atoms with Gasteiger partial charge in [0.05, 0.1) is 41.7 Å². The number of ether oxygens (including phenoxy) is 2. The number of hydrogen-bond donors (Lipinski definition) is 1. The number of amides is 1. The maximum atomic E-state index is 14.0. The number of hydrogen-bond acceptors (Lipinski definition) is 8. The smallest absolute Gasteiger partial charge is 0.414 e. The Hall–Kier alpha value is -5.13. The first-order chi connectivity index (χ1) is 25.2. The number of nitrogens with two attached hydrogens (primary N) is 1. The number of nitrogen functional groups attached to an aromatic ring is 1. The van der Waals surface area contributed by atoms with E-state index < -0.39 is 20.0 Å². The van der Waals surface area contributed by atoms with Crippen LogP contribution in [0.15, 0.2) is 103 Å². The standard InChI is InChI=1S/C42H47N5O4SSi/c1-27-19-28-21-35(52-37(28)34(20-27)49-8)33-24-46(39-36(33)38(43)44-26-45-39)29-22-30(47(23-29)40(48)51-41(2,3)4)25-50-53(42(5,6)7,31-15-11-9-12-16-31)32-17-13-10-14-18-32/h9-21,24-26,29H,22-23H2,1-8H3,(H2,43,44,45). The van der Waals surface area contributed by atoms with Gasteiger partial charge in [0.1, 0.15) is 29.1 Å². The van der Waals surface area contributed by atoms with Gasteiger partial charge in [0.25, 0.3) is 0 Å². The Labute approximate surface area is 316 Å². The van der Waals surface area contributed by atoms with Crippen molar-refractivity contribution in [2.45, 2.75) is 71.6 Å². The van der Waals surface area contributed by atoms with E-state index in [0.29, 0.717) is 24.4 Å². The number of nitrogens with zero attached hydrogens (tertiary/aromatic N) is 4. The number of thiophene rings is 1. The number of rotatable bonds is 7. The summed E-state index contributed by atoms with van der Waals surface area (Å²) in [5, 5.41) is 3.92. The number of allylic oxidation sites excluding steroid dienone is 1. The van der Waals surface area contributed by atoms with Crippen LogP contribution in [0, 0.1) is 6.92 Å². The molecule has 0 spiro atoms. The van der Waals surface area contributed by atoms with E-state index in [1.54, 1.807) is 23.3 Å². The second-order valence-electron chi connectivity index (χ2n) is 15.7. The molecule has 1 aliphatic heterocycles. The summed E-state index contributed by atoms with van der Waals surface area (Å²) in [5.74, 6) is 1.24. The first kappa shape index (κ1) is 36.2. The van der Waals surface area contributed by atoms with Crippen molar-refractivity contribution in [2.75, 3.05) is 19.4 Å². The van der Waals surface area contributed by atoms with Crippen molar-refractivity contribution in [3.63, 3.8) is 0 Å². The molecular formula is C42H47N5O4SSi. The summed E-state index contributed by atoms with van der Waals surface area (Å²) >= 11 is 1.65. The largest absolute Gasteiger partial charge is 0.538 e. The Morgan fingerprint density at radius 2 is 1.62 bits per heavy atom. The van der Waals surface area contributed by atoms with Gasteiger partial charge in [0.2, 0.25) is 0 Å². The molecule has 1 amide bonds. The zero-order chi connectivity index (χ0) is 37.7. The van der Waals surface area contributed by atoms with E-state index in [2.05, 4.69) is 110 Å². The third-order valence-corrected chi connectivity index (χ3v) is 15.9. The van der Waals surface area contributed by atoms with Gasteiger partial charge in [-0.2, -0.15) is 0 Å². The summed E-state index contributed by atoms with van der Waals surface area (Å²) in [6, 6.07) is 27.2. The number of anilines is 1. The van der Waals surface area contributed by atoms with E-state index in [0.717, 1.165) is 53.3 Å². The van der Waals surface area contributed by atoms with Crippen LogP contribution in [0.25, 0.3) is 31.6 Å². The number of methoxy groups -OCH3 is 1. The number of carbonyl (C=O) groups excluding carboxylic acids is 1. The van der Waals surface area contributed by atoms with Crippen LogP contribution >= 0.6 is 11.3 Å². The molecule has 1 aliphatic rings. The van der Waals surface area contributed by atoms with Crippen molar-refractivity contribution in [3.8, 4) is 16.2 Å². The molecule has 2 N–H and O–H groups in total. The Morgan fingerprint density at radius 3 is 2.23 bits per heavy atom. The van der Waals surface area contributed by atoms with Crippen LogP contribution in [-0.4, -0.2) is 53.1 Å².